The van der Waals surface area contributed by atoms with Crippen LogP contribution in [0.4, 0.5) is 0 Å². The third-order valence-electron chi connectivity index (χ3n) is 3.75. The highest BCUT2D eigenvalue weighted by molar-refractivity contribution is 6.42. The lowest BCUT2D eigenvalue weighted by Crippen LogP contribution is -2.41. The number of hydrogen-bond donors (Lipinski definition) is 2. The van der Waals surface area contributed by atoms with E-state index in [-0.39, 0.29) is 24.4 Å². The number of benzene rings is 1. The first-order valence-electron chi connectivity index (χ1n) is 7.10. The van der Waals surface area contributed by atoms with Gasteiger partial charge >= 0.3 is 0 Å². The first-order chi connectivity index (χ1) is 10.6. The van der Waals surface area contributed by atoms with Crippen LogP contribution in [-0.4, -0.2) is 28.3 Å². The van der Waals surface area contributed by atoms with E-state index in [0.29, 0.717) is 28.2 Å². The summed E-state index contributed by atoms with van der Waals surface area (Å²) in [5.74, 6) is 0.298. The summed E-state index contributed by atoms with van der Waals surface area (Å²) in [6.07, 6.45) is 3.96. The minimum Gasteiger partial charge on any atom is -0.346 e. The predicted octanol–water partition coefficient (Wildman–Crippen LogP) is 3.07. The highest BCUT2D eigenvalue weighted by Gasteiger charge is 2.31. The molecule has 1 unspecified atom stereocenters. The Labute approximate surface area is 150 Å². The molecule has 5 nitrogen and oxygen atoms in total. The number of carbonyl (C=O) groups is 1. The van der Waals surface area contributed by atoms with Crippen LogP contribution in [0.3, 0.4) is 0 Å². The van der Waals surface area contributed by atoms with Gasteiger partial charge in [-0.15, -0.1) is 12.4 Å². The van der Waals surface area contributed by atoms with Crippen LogP contribution < -0.4 is 11.1 Å². The number of halogens is 3. The summed E-state index contributed by atoms with van der Waals surface area (Å²) in [7, 11) is 0. The van der Waals surface area contributed by atoms with Crippen molar-refractivity contribution in [3.05, 3.63) is 46.2 Å². The number of nitrogens with zero attached hydrogens (tertiary/aromatic N) is 2. The molecule has 1 saturated carbocycles. The lowest BCUT2D eigenvalue weighted by molar-refractivity contribution is 0.0928. The van der Waals surface area contributed by atoms with Gasteiger partial charge in [0.15, 0.2) is 5.69 Å². The van der Waals surface area contributed by atoms with E-state index in [1.807, 2.05) is 0 Å². The number of nitrogens with two attached hydrogens (primary N) is 1. The molecule has 1 fully saturated rings. The van der Waals surface area contributed by atoms with Crippen molar-refractivity contribution < 1.29 is 4.79 Å². The molecular formula is C15H17Cl3N4O. The van der Waals surface area contributed by atoms with E-state index in [4.69, 9.17) is 28.9 Å². The second kappa shape index (κ2) is 7.53. The molecular weight excluding hydrogens is 359 g/mol. The van der Waals surface area contributed by atoms with Gasteiger partial charge in [0.05, 0.1) is 15.7 Å². The quantitative estimate of drug-likeness (QED) is 0.843. The first kappa shape index (κ1) is 18.1. The molecule has 0 saturated heterocycles. The van der Waals surface area contributed by atoms with E-state index in [0.717, 1.165) is 18.5 Å². The zero-order valence-corrected chi connectivity index (χ0v) is 14.5. The molecule has 1 heterocycles. The number of hydrogen-bond acceptors (Lipinski definition) is 3. The molecule has 1 aromatic carbocycles. The Bertz CT molecular complexity index is 700. The summed E-state index contributed by atoms with van der Waals surface area (Å²) < 4.78 is 1.59. The topological polar surface area (TPSA) is 72.9 Å². The summed E-state index contributed by atoms with van der Waals surface area (Å²) >= 11 is 11.9. The molecule has 1 aromatic heterocycles. The Morgan fingerprint density at radius 3 is 2.70 bits per heavy atom. The van der Waals surface area contributed by atoms with Gasteiger partial charge in [0.25, 0.3) is 5.91 Å². The van der Waals surface area contributed by atoms with Crippen molar-refractivity contribution in [1.29, 1.82) is 0 Å². The van der Waals surface area contributed by atoms with E-state index < -0.39 is 0 Å². The van der Waals surface area contributed by atoms with Crippen molar-refractivity contribution in [3.63, 3.8) is 0 Å². The number of aromatic nitrogens is 2. The van der Waals surface area contributed by atoms with Crippen molar-refractivity contribution in [2.24, 2.45) is 11.7 Å². The van der Waals surface area contributed by atoms with E-state index in [1.54, 1.807) is 35.1 Å². The van der Waals surface area contributed by atoms with E-state index in [1.165, 1.54) is 0 Å². The molecule has 1 atom stereocenters. The zero-order valence-electron chi connectivity index (χ0n) is 12.2. The largest absolute Gasteiger partial charge is 0.346 e. The van der Waals surface area contributed by atoms with Gasteiger partial charge in [-0.3, -0.25) is 4.79 Å². The lowest BCUT2D eigenvalue weighted by Gasteiger charge is -2.14. The normalized spacial score (nSPS) is 14.9. The molecule has 124 valence electrons. The number of nitrogens with one attached hydrogen (secondary N) is 1. The average Bonchev–Trinajstić information content (AvgIpc) is 3.23. The van der Waals surface area contributed by atoms with Crippen LogP contribution in [0.5, 0.6) is 0 Å². The minimum absolute atomic E-state index is 0. The molecule has 3 rings (SSSR count). The van der Waals surface area contributed by atoms with E-state index in [9.17, 15) is 4.79 Å². The predicted molar refractivity (Wildman–Crippen MR) is 93.9 cm³/mol. The maximum atomic E-state index is 12.2. The zero-order chi connectivity index (χ0) is 15.7. The average molecular weight is 376 g/mol. The molecule has 3 N–H and O–H groups in total. The van der Waals surface area contributed by atoms with Crippen LogP contribution in [0.15, 0.2) is 30.5 Å². The molecule has 0 spiro atoms. The van der Waals surface area contributed by atoms with Crippen LogP contribution in [-0.2, 0) is 0 Å². The van der Waals surface area contributed by atoms with Gasteiger partial charge in [-0.25, -0.2) is 4.68 Å². The summed E-state index contributed by atoms with van der Waals surface area (Å²) in [4.78, 5) is 12.2. The second-order valence-corrected chi connectivity index (χ2v) is 6.21. The second-order valence-electron chi connectivity index (χ2n) is 5.40. The number of rotatable bonds is 5. The summed E-state index contributed by atoms with van der Waals surface area (Å²) in [5.41, 5.74) is 6.79. The maximum absolute atomic E-state index is 12.2. The molecule has 1 aliphatic carbocycles. The third-order valence-corrected chi connectivity index (χ3v) is 4.49. The highest BCUT2D eigenvalue weighted by Crippen LogP contribution is 2.32. The van der Waals surface area contributed by atoms with Crippen LogP contribution in [0.25, 0.3) is 5.69 Å². The SMILES string of the molecule is Cl.NCC(NC(=O)c1ccn(-c2ccc(Cl)c(Cl)c2)n1)C1CC1. The van der Waals surface area contributed by atoms with Crippen molar-refractivity contribution in [3.8, 4) is 5.69 Å². The molecule has 2 aromatic rings. The summed E-state index contributed by atoms with van der Waals surface area (Å²) in [6.45, 7) is 0.448. The molecule has 0 bridgehead atoms. The Morgan fingerprint density at radius 2 is 2.09 bits per heavy atom. The van der Waals surface area contributed by atoms with Gasteiger partial charge in [0.1, 0.15) is 0 Å². The maximum Gasteiger partial charge on any atom is 0.272 e. The van der Waals surface area contributed by atoms with Crippen LogP contribution in [0, 0.1) is 5.92 Å². The van der Waals surface area contributed by atoms with Gasteiger partial charge in [0, 0.05) is 18.8 Å². The summed E-state index contributed by atoms with van der Waals surface area (Å²) in [6, 6.07) is 6.88. The lowest BCUT2D eigenvalue weighted by atomic mass is 10.2. The Kier molecular flexibility index (Phi) is 5.92. The molecule has 1 amide bonds. The van der Waals surface area contributed by atoms with Crippen LogP contribution in [0.1, 0.15) is 23.3 Å². The Balaban J connectivity index is 0.00000192. The van der Waals surface area contributed by atoms with Gasteiger partial charge in [-0.2, -0.15) is 5.10 Å². The van der Waals surface area contributed by atoms with Gasteiger partial charge < -0.3 is 11.1 Å². The number of amides is 1. The first-order valence-corrected chi connectivity index (χ1v) is 7.86. The van der Waals surface area contributed by atoms with Gasteiger partial charge in [0.2, 0.25) is 0 Å². The van der Waals surface area contributed by atoms with Gasteiger partial charge in [-0.1, -0.05) is 23.2 Å². The monoisotopic (exact) mass is 374 g/mol. The van der Waals surface area contributed by atoms with E-state index in [2.05, 4.69) is 10.4 Å². The fourth-order valence-electron chi connectivity index (χ4n) is 2.33. The molecule has 23 heavy (non-hydrogen) atoms. The van der Waals surface area contributed by atoms with E-state index >= 15 is 0 Å². The smallest absolute Gasteiger partial charge is 0.272 e. The highest BCUT2D eigenvalue weighted by atomic mass is 35.5. The fraction of sp³-hybridized carbons (Fsp3) is 0.333. The number of carbonyl (C=O) groups excluding carboxylic acids is 1. The van der Waals surface area contributed by atoms with Crippen LogP contribution in [0.2, 0.25) is 10.0 Å². The van der Waals surface area contributed by atoms with Crippen molar-refractivity contribution in [2.75, 3.05) is 6.54 Å². The Morgan fingerprint density at radius 1 is 1.35 bits per heavy atom. The third kappa shape index (κ3) is 4.18. The Hall–Kier alpha value is -1.27. The molecule has 0 radical (unpaired) electrons. The summed E-state index contributed by atoms with van der Waals surface area (Å²) in [5, 5.41) is 8.14. The molecule has 8 heteroatoms. The van der Waals surface area contributed by atoms with Gasteiger partial charge in [-0.05, 0) is 43.0 Å². The fourth-order valence-corrected chi connectivity index (χ4v) is 2.62. The molecule has 0 aliphatic heterocycles. The van der Waals surface area contributed by atoms with Crippen molar-refractivity contribution in [1.82, 2.24) is 15.1 Å². The van der Waals surface area contributed by atoms with Crippen molar-refractivity contribution in [2.45, 2.75) is 18.9 Å². The van der Waals surface area contributed by atoms with Crippen molar-refractivity contribution >= 4 is 41.5 Å². The van der Waals surface area contributed by atoms with Crippen LogP contribution >= 0.6 is 35.6 Å². The standard InChI is InChI=1S/C15H16Cl2N4O.ClH/c16-11-4-3-10(7-12(11)17)21-6-5-13(20-21)15(22)19-14(8-18)9-1-2-9;/h3-7,9,14H,1-2,8,18H2,(H,19,22);1H. The molecule has 1 aliphatic rings. The minimum atomic E-state index is -0.207.